The molecule has 0 bridgehead atoms. The van der Waals surface area contributed by atoms with E-state index < -0.39 is 0 Å². The fourth-order valence-corrected chi connectivity index (χ4v) is 7.73. The van der Waals surface area contributed by atoms with Gasteiger partial charge < -0.3 is 14.4 Å². The number of unbranched alkanes of at least 4 members (excludes halogenated alkanes) is 16. The first-order chi connectivity index (χ1) is 24.9. The van der Waals surface area contributed by atoms with E-state index in [4.69, 9.17) is 9.47 Å². The van der Waals surface area contributed by atoms with E-state index >= 15 is 0 Å². The number of carbonyl (C=O) groups is 2. The molecule has 0 aliphatic heterocycles. The predicted octanol–water partition coefficient (Wildman–Crippen LogP) is 14.0. The third-order valence-corrected chi connectivity index (χ3v) is 11.1. The Bertz CT molecular complexity index is 665. The maximum absolute atomic E-state index is 12.3. The Morgan fingerprint density at radius 2 is 0.686 bits per heavy atom. The number of carbonyl (C=O) groups excluding carboxylic acids is 2. The van der Waals surface area contributed by atoms with Crippen LogP contribution in [0.15, 0.2) is 0 Å². The van der Waals surface area contributed by atoms with E-state index in [1.54, 1.807) is 0 Å². The molecule has 0 aromatic rings. The molecule has 0 fully saturated rings. The van der Waals surface area contributed by atoms with Crippen molar-refractivity contribution in [3.8, 4) is 0 Å². The molecule has 0 saturated heterocycles. The molecule has 0 aromatic carbocycles. The molecular formula is C46H91NO4. The van der Waals surface area contributed by atoms with Crippen LogP contribution in [0.25, 0.3) is 0 Å². The lowest BCUT2D eigenvalue weighted by molar-refractivity contribution is -0.145. The van der Waals surface area contributed by atoms with Crippen LogP contribution in [0, 0.1) is 17.8 Å². The van der Waals surface area contributed by atoms with Crippen LogP contribution in [-0.4, -0.2) is 50.7 Å². The second-order valence-corrected chi connectivity index (χ2v) is 16.5. The maximum atomic E-state index is 12.3. The van der Waals surface area contributed by atoms with E-state index in [0.717, 1.165) is 56.3 Å². The largest absolute Gasteiger partial charge is 0.466 e. The summed E-state index contributed by atoms with van der Waals surface area (Å²) in [5, 5.41) is 0. The molecule has 0 amide bonds. The molecule has 0 heterocycles. The summed E-state index contributed by atoms with van der Waals surface area (Å²) in [7, 11) is 4.40. The summed E-state index contributed by atoms with van der Waals surface area (Å²) in [4.78, 5) is 27.0. The average molecular weight is 722 g/mol. The number of ether oxygens (including phenoxy) is 2. The van der Waals surface area contributed by atoms with Gasteiger partial charge in [0, 0.05) is 19.4 Å². The lowest BCUT2D eigenvalue weighted by Crippen LogP contribution is -2.21. The van der Waals surface area contributed by atoms with Crippen molar-refractivity contribution in [3.05, 3.63) is 0 Å². The van der Waals surface area contributed by atoms with Crippen molar-refractivity contribution < 1.29 is 19.1 Å². The number of nitrogens with zero attached hydrogens (tertiary/aromatic N) is 1. The van der Waals surface area contributed by atoms with Crippen LogP contribution in [0.3, 0.4) is 0 Å². The Hall–Kier alpha value is -1.10. The minimum absolute atomic E-state index is 0.0107. The standard InChI is InChI=1S/C46H91NO4/c1-7-11-21-29-42(30-22-12-8-2)37-39-50-45(48)35-27-19-15-17-25-33-44(41-47(5)6)34-26-18-16-20-28-36-46(49)51-40-38-43(31-23-13-9-3)32-24-14-10-4/h42-44H,7-41H2,1-6H3. The molecule has 304 valence electrons. The van der Waals surface area contributed by atoms with Crippen LogP contribution < -0.4 is 0 Å². The van der Waals surface area contributed by atoms with E-state index in [1.807, 2.05) is 0 Å². The Kier molecular flexibility index (Phi) is 37.8. The van der Waals surface area contributed by atoms with Crippen molar-refractivity contribution in [1.82, 2.24) is 4.90 Å². The van der Waals surface area contributed by atoms with E-state index in [-0.39, 0.29) is 11.9 Å². The first-order valence-electron chi connectivity index (χ1n) is 22.8. The monoisotopic (exact) mass is 722 g/mol. The van der Waals surface area contributed by atoms with Crippen molar-refractivity contribution in [2.45, 2.75) is 233 Å². The molecule has 0 N–H and O–H groups in total. The van der Waals surface area contributed by atoms with Crippen LogP contribution in [-0.2, 0) is 19.1 Å². The Balaban J connectivity index is 3.99. The van der Waals surface area contributed by atoms with Gasteiger partial charge in [0.2, 0.25) is 0 Å². The average Bonchev–Trinajstić information content (AvgIpc) is 3.10. The molecular weight excluding hydrogens is 631 g/mol. The lowest BCUT2D eigenvalue weighted by atomic mass is 9.92. The maximum Gasteiger partial charge on any atom is 0.305 e. The zero-order valence-electron chi connectivity index (χ0n) is 35.6. The van der Waals surface area contributed by atoms with Gasteiger partial charge in [-0.05, 0) is 70.4 Å². The molecule has 0 rings (SSSR count). The van der Waals surface area contributed by atoms with Gasteiger partial charge in [0.25, 0.3) is 0 Å². The summed E-state index contributed by atoms with van der Waals surface area (Å²) in [5.74, 6) is 2.24. The van der Waals surface area contributed by atoms with Gasteiger partial charge in [-0.1, -0.05) is 182 Å². The minimum Gasteiger partial charge on any atom is -0.466 e. The van der Waals surface area contributed by atoms with Gasteiger partial charge in [-0.3, -0.25) is 9.59 Å². The molecule has 0 aliphatic carbocycles. The molecule has 0 atom stereocenters. The zero-order valence-corrected chi connectivity index (χ0v) is 35.6. The smallest absolute Gasteiger partial charge is 0.305 e. The molecule has 0 spiro atoms. The SMILES string of the molecule is CCCCCC(CCCCC)CCOC(=O)CCCCCCCC(CCCCCCCC(=O)OCCC(CCCCC)CCCCC)CN(C)C. The van der Waals surface area contributed by atoms with Crippen LogP contribution in [0.2, 0.25) is 0 Å². The van der Waals surface area contributed by atoms with Gasteiger partial charge in [0.05, 0.1) is 13.2 Å². The molecule has 0 radical (unpaired) electrons. The van der Waals surface area contributed by atoms with E-state index in [2.05, 4.69) is 46.7 Å². The quantitative estimate of drug-likeness (QED) is 0.0466. The first kappa shape index (κ1) is 49.9. The van der Waals surface area contributed by atoms with Crippen molar-refractivity contribution in [3.63, 3.8) is 0 Å². The van der Waals surface area contributed by atoms with E-state index in [0.29, 0.717) is 26.1 Å². The van der Waals surface area contributed by atoms with Gasteiger partial charge in [0.15, 0.2) is 0 Å². The summed E-state index contributed by atoms with van der Waals surface area (Å²) in [5.41, 5.74) is 0. The topological polar surface area (TPSA) is 55.8 Å². The zero-order chi connectivity index (χ0) is 37.6. The fourth-order valence-electron chi connectivity index (χ4n) is 7.73. The number of hydrogen-bond acceptors (Lipinski definition) is 5. The molecule has 0 unspecified atom stereocenters. The first-order valence-corrected chi connectivity index (χ1v) is 22.8. The number of rotatable bonds is 40. The van der Waals surface area contributed by atoms with Crippen LogP contribution in [0.5, 0.6) is 0 Å². The molecule has 0 aromatic heterocycles. The van der Waals surface area contributed by atoms with Gasteiger partial charge in [-0.25, -0.2) is 0 Å². The van der Waals surface area contributed by atoms with Gasteiger partial charge in [0.1, 0.15) is 0 Å². The Morgan fingerprint density at radius 1 is 0.392 bits per heavy atom. The van der Waals surface area contributed by atoms with Crippen LogP contribution >= 0.6 is 0 Å². The number of hydrogen-bond donors (Lipinski definition) is 0. The Morgan fingerprint density at radius 3 is 1.02 bits per heavy atom. The van der Waals surface area contributed by atoms with Crippen LogP contribution in [0.1, 0.15) is 233 Å². The highest BCUT2D eigenvalue weighted by Crippen LogP contribution is 2.23. The summed E-state index contributed by atoms with van der Waals surface area (Å²) in [6.07, 6.45) is 38.5. The summed E-state index contributed by atoms with van der Waals surface area (Å²) in [6.45, 7) is 11.5. The van der Waals surface area contributed by atoms with Gasteiger partial charge in [-0.15, -0.1) is 0 Å². The second-order valence-electron chi connectivity index (χ2n) is 16.5. The molecule has 0 saturated carbocycles. The second kappa shape index (κ2) is 38.6. The predicted molar refractivity (Wildman–Crippen MR) is 221 cm³/mol. The van der Waals surface area contributed by atoms with Crippen molar-refractivity contribution in [1.29, 1.82) is 0 Å². The lowest BCUT2D eigenvalue weighted by Gasteiger charge is -2.21. The highest BCUT2D eigenvalue weighted by molar-refractivity contribution is 5.69. The van der Waals surface area contributed by atoms with Crippen LogP contribution in [0.4, 0.5) is 0 Å². The Labute approximate surface area is 319 Å². The summed E-state index contributed by atoms with van der Waals surface area (Å²) < 4.78 is 11.3. The van der Waals surface area contributed by atoms with E-state index in [9.17, 15) is 9.59 Å². The molecule has 5 heteroatoms. The van der Waals surface area contributed by atoms with Crippen molar-refractivity contribution >= 4 is 11.9 Å². The fraction of sp³-hybridized carbons (Fsp3) is 0.957. The van der Waals surface area contributed by atoms with Crippen molar-refractivity contribution in [2.24, 2.45) is 17.8 Å². The summed E-state index contributed by atoms with van der Waals surface area (Å²) in [6, 6.07) is 0. The molecule has 0 aliphatic rings. The molecule has 51 heavy (non-hydrogen) atoms. The highest BCUT2D eigenvalue weighted by Gasteiger charge is 2.13. The third-order valence-electron chi connectivity index (χ3n) is 11.1. The minimum atomic E-state index is 0.0107. The highest BCUT2D eigenvalue weighted by atomic mass is 16.5. The molecule has 5 nitrogen and oxygen atoms in total. The normalized spacial score (nSPS) is 11.8. The van der Waals surface area contributed by atoms with Gasteiger partial charge >= 0.3 is 11.9 Å². The van der Waals surface area contributed by atoms with Gasteiger partial charge in [-0.2, -0.15) is 0 Å². The van der Waals surface area contributed by atoms with Crippen molar-refractivity contribution in [2.75, 3.05) is 33.9 Å². The number of esters is 2. The third kappa shape index (κ3) is 35.7. The summed E-state index contributed by atoms with van der Waals surface area (Å²) >= 11 is 0. The van der Waals surface area contributed by atoms with E-state index in [1.165, 1.54) is 161 Å².